The van der Waals surface area contributed by atoms with Gasteiger partial charge in [-0.25, -0.2) is 0 Å². The van der Waals surface area contributed by atoms with Gasteiger partial charge in [0.15, 0.2) is 5.96 Å². The van der Waals surface area contributed by atoms with Crippen molar-refractivity contribution >= 4 is 29.9 Å². The summed E-state index contributed by atoms with van der Waals surface area (Å²) in [5.41, 5.74) is 4.09. The number of ether oxygens (including phenoxy) is 1. The Balaban J connectivity index is 0.00000306. The van der Waals surface area contributed by atoms with Crippen LogP contribution in [0.15, 0.2) is 59.6 Å². The molecule has 180 valence electrons. The first kappa shape index (κ1) is 25.9. The van der Waals surface area contributed by atoms with E-state index >= 15 is 0 Å². The lowest BCUT2D eigenvalue weighted by atomic mass is 10.1. The fourth-order valence-corrected chi connectivity index (χ4v) is 4.65. The molecule has 0 radical (unpaired) electrons. The Labute approximate surface area is 215 Å². The molecule has 2 N–H and O–H groups in total. The van der Waals surface area contributed by atoms with Gasteiger partial charge in [-0.3, -0.25) is 14.8 Å². The van der Waals surface area contributed by atoms with Crippen molar-refractivity contribution in [2.75, 3.05) is 46.4 Å². The summed E-state index contributed by atoms with van der Waals surface area (Å²) in [5.74, 6) is 0.873. The lowest BCUT2D eigenvalue weighted by Gasteiger charge is -2.27. The Morgan fingerprint density at radius 2 is 1.67 bits per heavy atom. The van der Waals surface area contributed by atoms with Crippen molar-refractivity contribution < 1.29 is 4.74 Å². The van der Waals surface area contributed by atoms with E-state index < -0.39 is 0 Å². The van der Waals surface area contributed by atoms with Crippen molar-refractivity contribution in [2.45, 2.75) is 38.5 Å². The Morgan fingerprint density at radius 3 is 2.42 bits per heavy atom. The van der Waals surface area contributed by atoms with Crippen LogP contribution in [0.4, 0.5) is 0 Å². The normalized spacial score (nSPS) is 19.8. The minimum atomic E-state index is 0. The van der Waals surface area contributed by atoms with Crippen LogP contribution in [0, 0.1) is 0 Å². The Hall–Kier alpha value is -1.68. The fourth-order valence-electron chi connectivity index (χ4n) is 4.65. The van der Waals surface area contributed by atoms with Crippen molar-refractivity contribution in [1.29, 1.82) is 0 Å². The summed E-state index contributed by atoms with van der Waals surface area (Å²) in [6.07, 6.45) is 2.50. The number of nitrogens with zero attached hydrogens (tertiary/aromatic N) is 3. The van der Waals surface area contributed by atoms with Gasteiger partial charge in [-0.05, 0) is 36.1 Å². The first-order valence-electron chi connectivity index (χ1n) is 11.9. The van der Waals surface area contributed by atoms with E-state index in [1.165, 1.54) is 36.1 Å². The first-order valence-corrected chi connectivity index (χ1v) is 11.9. The summed E-state index contributed by atoms with van der Waals surface area (Å²) in [6, 6.07) is 20.0. The lowest BCUT2D eigenvalue weighted by Crippen LogP contribution is -2.44. The molecule has 33 heavy (non-hydrogen) atoms. The molecule has 7 heteroatoms. The van der Waals surface area contributed by atoms with Gasteiger partial charge >= 0.3 is 0 Å². The van der Waals surface area contributed by atoms with Gasteiger partial charge < -0.3 is 15.4 Å². The highest BCUT2D eigenvalue weighted by atomic mass is 127. The van der Waals surface area contributed by atoms with Gasteiger partial charge in [0.2, 0.25) is 0 Å². The summed E-state index contributed by atoms with van der Waals surface area (Å²) in [6.45, 7) is 8.54. The molecule has 1 unspecified atom stereocenters. The van der Waals surface area contributed by atoms with Crippen LogP contribution in [0.25, 0.3) is 0 Å². The van der Waals surface area contributed by atoms with Crippen molar-refractivity contribution in [1.82, 2.24) is 20.4 Å². The second-order valence-corrected chi connectivity index (χ2v) is 8.72. The van der Waals surface area contributed by atoms with Crippen LogP contribution in [0.2, 0.25) is 0 Å². The second-order valence-electron chi connectivity index (χ2n) is 8.72. The standard InChI is InChI=1S/C26H37N5O.HI/c1-27-26(29-19-25-12-7-13-31(25)20-22-8-3-2-4-9-22)28-18-23-10-5-6-11-24(23)21-30-14-16-32-17-15-30;/h2-6,8-11,25H,7,12-21H2,1H3,(H2,27,28,29);1H. The topological polar surface area (TPSA) is 52.1 Å². The number of likely N-dealkylation sites (tertiary alicyclic amines) is 1. The third kappa shape index (κ3) is 7.95. The van der Waals surface area contributed by atoms with Crippen LogP contribution in [0.3, 0.4) is 0 Å². The molecule has 1 atom stereocenters. The molecule has 0 aliphatic carbocycles. The zero-order valence-corrected chi connectivity index (χ0v) is 22.0. The average molecular weight is 564 g/mol. The predicted octanol–water partition coefficient (Wildman–Crippen LogP) is 3.47. The van der Waals surface area contributed by atoms with E-state index in [0.29, 0.717) is 6.04 Å². The van der Waals surface area contributed by atoms with Crippen molar-refractivity contribution in [3.05, 3.63) is 71.3 Å². The monoisotopic (exact) mass is 563 g/mol. The summed E-state index contributed by atoms with van der Waals surface area (Å²) < 4.78 is 5.49. The summed E-state index contributed by atoms with van der Waals surface area (Å²) in [5, 5.41) is 7.10. The van der Waals surface area contributed by atoms with Gasteiger partial charge in [-0.15, -0.1) is 24.0 Å². The van der Waals surface area contributed by atoms with Gasteiger partial charge in [0, 0.05) is 52.4 Å². The number of hydrogen-bond acceptors (Lipinski definition) is 4. The van der Waals surface area contributed by atoms with E-state index in [1.54, 1.807) is 0 Å². The number of morpholine rings is 1. The molecule has 0 aromatic heterocycles. The maximum absolute atomic E-state index is 5.49. The molecule has 2 saturated heterocycles. The highest BCUT2D eigenvalue weighted by Crippen LogP contribution is 2.19. The van der Waals surface area contributed by atoms with E-state index in [1.807, 2.05) is 7.05 Å². The largest absolute Gasteiger partial charge is 0.379 e. The molecule has 6 nitrogen and oxygen atoms in total. The summed E-state index contributed by atoms with van der Waals surface area (Å²) in [4.78, 5) is 9.53. The number of aliphatic imine (C=N–C) groups is 1. The zero-order chi connectivity index (χ0) is 22.0. The van der Waals surface area contributed by atoms with Crippen molar-refractivity contribution in [3.63, 3.8) is 0 Å². The number of rotatable bonds is 8. The van der Waals surface area contributed by atoms with Gasteiger partial charge in [-0.2, -0.15) is 0 Å². The SMILES string of the molecule is CN=C(NCc1ccccc1CN1CCOCC1)NCC1CCCN1Cc1ccccc1.I. The maximum Gasteiger partial charge on any atom is 0.191 e. The van der Waals surface area contributed by atoms with E-state index in [2.05, 4.69) is 80.0 Å². The Morgan fingerprint density at radius 1 is 0.939 bits per heavy atom. The number of guanidine groups is 1. The molecule has 2 fully saturated rings. The molecule has 2 aliphatic rings. The van der Waals surface area contributed by atoms with Crippen LogP contribution in [0.1, 0.15) is 29.5 Å². The second kappa shape index (κ2) is 13.9. The quantitative estimate of drug-likeness (QED) is 0.293. The van der Waals surface area contributed by atoms with Crippen LogP contribution in [0.5, 0.6) is 0 Å². The molecule has 0 spiro atoms. The molecular formula is C26H38IN5O. The predicted molar refractivity (Wildman–Crippen MR) is 146 cm³/mol. The van der Waals surface area contributed by atoms with Crippen molar-refractivity contribution in [2.24, 2.45) is 4.99 Å². The minimum Gasteiger partial charge on any atom is -0.379 e. The highest BCUT2D eigenvalue weighted by Gasteiger charge is 2.24. The molecule has 2 aromatic carbocycles. The first-order chi connectivity index (χ1) is 15.8. The molecule has 2 aromatic rings. The number of benzene rings is 2. The van der Waals surface area contributed by atoms with Crippen LogP contribution in [-0.2, 0) is 24.4 Å². The van der Waals surface area contributed by atoms with E-state index in [9.17, 15) is 0 Å². The van der Waals surface area contributed by atoms with Crippen LogP contribution >= 0.6 is 24.0 Å². The summed E-state index contributed by atoms with van der Waals surface area (Å²) in [7, 11) is 1.85. The third-order valence-electron chi connectivity index (χ3n) is 6.52. The van der Waals surface area contributed by atoms with Crippen LogP contribution in [-0.4, -0.2) is 68.2 Å². The molecule has 0 saturated carbocycles. The van der Waals surface area contributed by atoms with E-state index in [4.69, 9.17) is 4.74 Å². The lowest BCUT2D eigenvalue weighted by molar-refractivity contribution is 0.0341. The van der Waals surface area contributed by atoms with Gasteiger partial charge in [0.1, 0.15) is 0 Å². The fraction of sp³-hybridized carbons (Fsp3) is 0.500. The smallest absolute Gasteiger partial charge is 0.191 e. The molecule has 0 bridgehead atoms. The molecular weight excluding hydrogens is 525 g/mol. The maximum atomic E-state index is 5.49. The summed E-state index contributed by atoms with van der Waals surface area (Å²) >= 11 is 0. The highest BCUT2D eigenvalue weighted by molar-refractivity contribution is 14.0. The molecule has 2 aliphatic heterocycles. The number of nitrogens with one attached hydrogen (secondary N) is 2. The molecule has 4 rings (SSSR count). The van der Waals surface area contributed by atoms with Crippen LogP contribution < -0.4 is 10.6 Å². The Kier molecular flexibility index (Phi) is 10.9. The number of hydrogen-bond donors (Lipinski definition) is 2. The van der Waals surface area contributed by atoms with Gasteiger partial charge in [0.05, 0.1) is 13.2 Å². The van der Waals surface area contributed by atoms with Gasteiger partial charge in [-0.1, -0.05) is 54.6 Å². The molecule has 0 amide bonds. The molecule has 2 heterocycles. The number of halogens is 1. The van der Waals surface area contributed by atoms with E-state index in [0.717, 1.165) is 58.4 Å². The van der Waals surface area contributed by atoms with Gasteiger partial charge in [0.25, 0.3) is 0 Å². The average Bonchev–Trinajstić information content (AvgIpc) is 3.28. The van der Waals surface area contributed by atoms with Crippen molar-refractivity contribution in [3.8, 4) is 0 Å². The third-order valence-corrected chi connectivity index (χ3v) is 6.52. The zero-order valence-electron chi connectivity index (χ0n) is 19.7. The van der Waals surface area contributed by atoms with E-state index in [-0.39, 0.29) is 24.0 Å². The minimum absolute atomic E-state index is 0. The Bertz CT molecular complexity index is 857.